The van der Waals surface area contributed by atoms with Crippen LogP contribution in [-0.4, -0.2) is 13.2 Å². The van der Waals surface area contributed by atoms with Gasteiger partial charge in [-0.2, -0.15) is 5.26 Å². The van der Waals surface area contributed by atoms with Crippen molar-refractivity contribution in [2.75, 3.05) is 13.2 Å². The van der Waals surface area contributed by atoms with Gasteiger partial charge in [-0.15, -0.1) is 0 Å². The largest absolute Gasteiger partial charge is 0.489 e. The van der Waals surface area contributed by atoms with Crippen LogP contribution in [0.5, 0.6) is 11.5 Å². The van der Waals surface area contributed by atoms with Crippen molar-refractivity contribution in [1.82, 2.24) is 0 Å². The van der Waals surface area contributed by atoms with E-state index in [2.05, 4.69) is 13.8 Å². The molecule has 4 heteroatoms. The Morgan fingerprint density at radius 1 is 1.31 bits per heavy atom. The molecular formula is C12H12ClNO2. The second-order valence-electron chi connectivity index (χ2n) is 4.64. The maximum absolute atomic E-state index is 8.83. The molecule has 1 aliphatic rings. The summed E-state index contributed by atoms with van der Waals surface area (Å²) in [7, 11) is 0. The lowest BCUT2D eigenvalue weighted by Crippen LogP contribution is -2.26. The molecule has 0 amide bonds. The highest BCUT2D eigenvalue weighted by Gasteiger charge is 2.26. The standard InChI is InChI=1S/C12H12ClNO2/c1-12(2)6-15-10-4-8(5-14)3-9(13)11(10)16-7-12/h3-4H,6-7H2,1-2H3. The van der Waals surface area contributed by atoms with Gasteiger partial charge in [0.05, 0.1) is 29.9 Å². The number of hydrogen-bond donors (Lipinski definition) is 0. The number of halogens is 1. The summed E-state index contributed by atoms with van der Waals surface area (Å²) in [4.78, 5) is 0. The van der Waals surface area contributed by atoms with Crippen molar-refractivity contribution in [3.05, 3.63) is 22.7 Å². The third-order valence-corrected chi connectivity index (χ3v) is 2.65. The highest BCUT2D eigenvalue weighted by atomic mass is 35.5. The summed E-state index contributed by atoms with van der Waals surface area (Å²) in [5.41, 5.74) is 0.418. The minimum atomic E-state index is -0.0604. The Hall–Kier alpha value is -1.40. The first-order valence-electron chi connectivity index (χ1n) is 5.01. The maximum atomic E-state index is 8.83. The van der Waals surface area contributed by atoms with E-state index in [1.807, 2.05) is 6.07 Å². The summed E-state index contributed by atoms with van der Waals surface area (Å²) in [6.45, 7) is 5.20. The van der Waals surface area contributed by atoms with E-state index in [-0.39, 0.29) is 5.41 Å². The predicted octanol–water partition coefficient (Wildman–Crippen LogP) is 3.01. The van der Waals surface area contributed by atoms with Gasteiger partial charge in [-0.25, -0.2) is 0 Å². The molecule has 0 unspecified atom stereocenters. The number of fused-ring (bicyclic) bond motifs is 1. The molecule has 0 fully saturated rings. The molecule has 1 aliphatic heterocycles. The normalized spacial score (nSPS) is 17.4. The van der Waals surface area contributed by atoms with Crippen LogP contribution >= 0.6 is 11.6 Å². The first-order chi connectivity index (χ1) is 7.52. The summed E-state index contributed by atoms with van der Waals surface area (Å²) in [6, 6.07) is 5.28. The van der Waals surface area contributed by atoms with E-state index in [1.54, 1.807) is 12.1 Å². The van der Waals surface area contributed by atoms with Crippen LogP contribution in [0.4, 0.5) is 0 Å². The summed E-state index contributed by atoms with van der Waals surface area (Å²) in [6.07, 6.45) is 0. The van der Waals surface area contributed by atoms with Crippen molar-refractivity contribution < 1.29 is 9.47 Å². The molecule has 84 valence electrons. The highest BCUT2D eigenvalue weighted by molar-refractivity contribution is 6.32. The van der Waals surface area contributed by atoms with E-state index in [0.29, 0.717) is 35.3 Å². The van der Waals surface area contributed by atoms with Gasteiger partial charge in [0.15, 0.2) is 11.5 Å². The Morgan fingerprint density at radius 2 is 2.00 bits per heavy atom. The molecule has 0 bridgehead atoms. The predicted molar refractivity (Wildman–Crippen MR) is 60.9 cm³/mol. The van der Waals surface area contributed by atoms with Gasteiger partial charge in [-0.1, -0.05) is 25.4 Å². The van der Waals surface area contributed by atoms with Crippen LogP contribution in [0.1, 0.15) is 19.4 Å². The summed E-state index contributed by atoms with van der Waals surface area (Å²) in [5, 5.41) is 9.25. The van der Waals surface area contributed by atoms with E-state index in [9.17, 15) is 0 Å². The fourth-order valence-electron chi connectivity index (χ4n) is 1.46. The monoisotopic (exact) mass is 237 g/mol. The average Bonchev–Trinajstić information content (AvgIpc) is 2.38. The highest BCUT2D eigenvalue weighted by Crippen LogP contribution is 2.40. The SMILES string of the molecule is CC1(C)COc2cc(C#N)cc(Cl)c2OC1. The van der Waals surface area contributed by atoms with Gasteiger partial charge in [0.25, 0.3) is 0 Å². The molecule has 1 heterocycles. The van der Waals surface area contributed by atoms with Crippen molar-refractivity contribution >= 4 is 11.6 Å². The molecule has 3 nitrogen and oxygen atoms in total. The lowest BCUT2D eigenvalue weighted by molar-refractivity contribution is 0.140. The quantitative estimate of drug-likeness (QED) is 0.697. The van der Waals surface area contributed by atoms with Crippen molar-refractivity contribution in [3.8, 4) is 17.6 Å². The molecule has 1 aromatic rings. The van der Waals surface area contributed by atoms with Crippen LogP contribution in [0, 0.1) is 16.7 Å². The van der Waals surface area contributed by atoms with Crippen LogP contribution in [0.2, 0.25) is 5.02 Å². The van der Waals surface area contributed by atoms with Crippen LogP contribution in [0.25, 0.3) is 0 Å². The zero-order valence-electron chi connectivity index (χ0n) is 9.21. The number of nitrogens with zero attached hydrogens (tertiary/aromatic N) is 1. The summed E-state index contributed by atoms with van der Waals surface area (Å²) in [5.74, 6) is 1.08. The molecule has 0 N–H and O–H groups in total. The minimum Gasteiger partial charge on any atom is -0.489 e. The molecule has 0 aliphatic carbocycles. The number of nitriles is 1. The zero-order chi connectivity index (χ0) is 11.8. The number of rotatable bonds is 0. The number of benzene rings is 1. The van der Waals surface area contributed by atoms with Crippen molar-refractivity contribution in [1.29, 1.82) is 5.26 Å². The van der Waals surface area contributed by atoms with Gasteiger partial charge < -0.3 is 9.47 Å². The second-order valence-corrected chi connectivity index (χ2v) is 5.05. The van der Waals surface area contributed by atoms with Crippen LogP contribution < -0.4 is 9.47 Å². The number of ether oxygens (including phenoxy) is 2. The van der Waals surface area contributed by atoms with Gasteiger partial charge in [0, 0.05) is 11.5 Å². The Balaban J connectivity index is 2.43. The van der Waals surface area contributed by atoms with Crippen LogP contribution in [0.3, 0.4) is 0 Å². The summed E-state index contributed by atoms with van der Waals surface area (Å²) < 4.78 is 11.3. The van der Waals surface area contributed by atoms with Gasteiger partial charge >= 0.3 is 0 Å². The van der Waals surface area contributed by atoms with Gasteiger partial charge in [0.2, 0.25) is 0 Å². The first-order valence-corrected chi connectivity index (χ1v) is 5.39. The van der Waals surface area contributed by atoms with Crippen LogP contribution in [-0.2, 0) is 0 Å². The molecule has 0 radical (unpaired) electrons. The third kappa shape index (κ3) is 2.07. The lowest BCUT2D eigenvalue weighted by atomic mass is 9.97. The minimum absolute atomic E-state index is 0.0604. The second kappa shape index (κ2) is 3.88. The third-order valence-electron chi connectivity index (χ3n) is 2.36. The molecule has 0 spiro atoms. The molecule has 2 rings (SSSR count). The molecule has 0 aromatic heterocycles. The zero-order valence-corrected chi connectivity index (χ0v) is 9.97. The summed E-state index contributed by atoms with van der Waals surface area (Å²) >= 11 is 6.04. The lowest BCUT2D eigenvalue weighted by Gasteiger charge is -2.19. The molecule has 16 heavy (non-hydrogen) atoms. The number of hydrogen-bond acceptors (Lipinski definition) is 3. The average molecular weight is 238 g/mol. The van der Waals surface area contributed by atoms with Gasteiger partial charge in [-0.05, 0) is 6.07 Å². The fraction of sp³-hybridized carbons (Fsp3) is 0.417. The molecule has 0 saturated heterocycles. The molecule has 0 saturated carbocycles. The van der Waals surface area contributed by atoms with Gasteiger partial charge in [-0.3, -0.25) is 0 Å². The van der Waals surface area contributed by atoms with Crippen LogP contribution in [0.15, 0.2) is 12.1 Å². The van der Waals surface area contributed by atoms with Gasteiger partial charge in [0.1, 0.15) is 0 Å². The molecule has 1 aromatic carbocycles. The molecule has 0 atom stereocenters. The topological polar surface area (TPSA) is 42.2 Å². The smallest absolute Gasteiger partial charge is 0.179 e. The fourth-order valence-corrected chi connectivity index (χ4v) is 1.73. The Kier molecular flexibility index (Phi) is 2.69. The van der Waals surface area contributed by atoms with E-state index in [4.69, 9.17) is 26.3 Å². The van der Waals surface area contributed by atoms with Crippen molar-refractivity contribution in [3.63, 3.8) is 0 Å². The van der Waals surface area contributed by atoms with Crippen molar-refractivity contribution in [2.45, 2.75) is 13.8 Å². The Labute approximate surface area is 99.5 Å². The van der Waals surface area contributed by atoms with E-state index < -0.39 is 0 Å². The first kappa shape index (κ1) is 11.1. The molecular weight excluding hydrogens is 226 g/mol. The maximum Gasteiger partial charge on any atom is 0.179 e. The van der Waals surface area contributed by atoms with E-state index >= 15 is 0 Å². The van der Waals surface area contributed by atoms with E-state index in [0.717, 1.165) is 0 Å². The van der Waals surface area contributed by atoms with Crippen molar-refractivity contribution in [2.24, 2.45) is 5.41 Å². The Morgan fingerprint density at radius 3 is 2.69 bits per heavy atom. The Bertz CT molecular complexity index is 463. The van der Waals surface area contributed by atoms with E-state index in [1.165, 1.54) is 0 Å².